The monoisotopic (exact) mass is 337 g/mol. The molecule has 0 fully saturated rings. The maximum Gasteiger partial charge on any atom is 0.0497 e. The SMILES string of the molecule is c1ccc(C(Cc2ccccc2-c2ccncc2)c2ccccn2)nc1. The summed E-state index contributed by atoms with van der Waals surface area (Å²) in [5, 5.41) is 0. The number of nitrogens with zero attached hydrogens (tertiary/aromatic N) is 3. The van der Waals surface area contributed by atoms with Crippen LogP contribution in [0.1, 0.15) is 22.9 Å². The van der Waals surface area contributed by atoms with Crippen molar-refractivity contribution in [3.8, 4) is 11.1 Å². The first kappa shape index (κ1) is 16.2. The largest absolute Gasteiger partial charge is 0.265 e. The summed E-state index contributed by atoms with van der Waals surface area (Å²) in [4.78, 5) is 13.3. The van der Waals surface area contributed by atoms with Gasteiger partial charge in [0, 0.05) is 42.1 Å². The summed E-state index contributed by atoms with van der Waals surface area (Å²) in [6.07, 6.45) is 8.20. The number of aromatic nitrogens is 3. The van der Waals surface area contributed by atoms with Crippen LogP contribution in [-0.4, -0.2) is 15.0 Å². The smallest absolute Gasteiger partial charge is 0.0497 e. The minimum Gasteiger partial charge on any atom is -0.265 e. The Balaban J connectivity index is 1.76. The molecule has 4 aromatic rings. The fraction of sp³-hybridized carbons (Fsp3) is 0.0870. The van der Waals surface area contributed by atoms with Gasteiger partial charge in [0.2, 0.25) is 0 Å². The fourth-order valence-corrected chi connectivity index (χ4v) is 3.26. The zero-order valence-corrected chi connectivity index (χ0v) is 14.4. The highest BCUT2D eigenvalue weighted by molar-refractivity contribution is 5.67. The Morgan fingerprint density at radius 3 is 1.85 bits per heavy atom. The van der Waals surface area contributed by atoms with Gasteiger partial charge in [0.1, 0.15) is 0 Å². The molecule has 0 aliphatic rings. The van der Waals surface area contributed by atoms with Gasteiger partial charge in [-0.05, 0) is 59.5 Å². The molecule has 3 heteroatoms. The van der Waals surface area contributed by atoms with Crippen molar-refractivity contribution >= 4 is 0 Å². The summed E-state index contributed by atoms with van der Waals surface area (Å²) in [7, 11) is 0. The minimum atomic E-state index is 0.111. The molecule has 0 spiro atoms. The summed E-state index contributed by atoms with van der Waals surface area (Å²) >= 11 is 0. The van der Waals surface area contributed by atoms with Gasteiger partial charge in [-0.25, -0.2) is 0 Å². The van der Waals surface area contributed by atoms with E-state index in [9.17, 15) is 0 Å². The van der Waals surface area contributed by atoms with Crippen molar-refractivity contribution in [2.45, 2.75) is 12.3 Å². The van der Waals surface area contributed by atoms with Gasteiger partial charge in [0.15, 0.2) is 0 Å². The molecule has 26 heavy (non-hydrogen) atoms. The lowest BCUT2D eigenvalue weighted by atomic mass is 9.88. The summed E-state index contributed by atoms with van der Waals surface area (Å²) in [5.74, 6) is 0.111. The van der Waals surface area contributed by atoms with Gasteiger partial charge < -0.3 is 0 Å². The highest BCUT2D eigenvalue weighted by Gasteiger charge is 2.19. The van der Waals surface area contributed by atoms with Crippen LogP contribution >= 0.6 is 0 Å². The molecule has 1 aromatic carbocycles. The number of rotatable bonds is 5. The Kier molecular flexibility index (Phi) is 4.79. The van der Waals surface area contributed by atoms with Crippen LogP contribution in [0.4, 0.5) is 0 Å². The van der Waals surface area contributed by atoms with E-state index in [1.165, 1.54) is 16.7 Å². The third-order valence-electron chi connectivity index (χ3n) is 4.52. The quantitative estimate of drug-likeness (QED) is 0.519. The Labute approximate surface area is 153 Å². The van der Waals surface area contributed by atoms with Crippen LogP contribution in [0.2, 0.25) is 0 Å². The van der Waals surface area contributed by atoms with Crippen LogP contribution in [0.5, 0.6) is 0 Å². The van der Waals surface area contributed by atoms with Gasteiger partial charge in [-0.2, -0.15) is 0 Å². The second kappa shape index (κ2) is 7.70. The van der Waals surface area contributed by atoms with E-state index in [4.69, 9.17) is 0 Å². The third-order valence-corrected chi connectivity index (χ3v) is 4.52. The zero-order valence-electron chi connectivity index (χ0n) is 14.4. The Hall–Kier alpha value is -3.33. The molecule has 4 rings (SSSR count). The first-order valence-electron chi connectivity index (χ1n) is 8.72. The molecule has 0 bridgehead atoms. The lowest BCUT2D eigenvalue weighted by Gasteiger charge is -2.18. The van der Waals surface area contributed by atoms with Crippen molar-refractivity contribution in [3.05, 3.63) is 115 Å². The predicted octanol–water partition coefficient (Wildman–Crippen LogP) is 4.91. The van der Waals surface area contributed by atoms with E-state index in [0.29, 0.717) is 0 Å². The highest BCUT2D eigenvalue weighted by atomic mass is 14.7. The topological polar surface area (TPSA) is 38.7 Å². The highest BCUT2D eigenvalue weighted by Crippen LogP contribution is 2.31. The third kappa shape index (κ3) is 3.52. The first-order valence-corrected chi connectivity index (χ1v) is 8.72. The van der Waals surface area contributed by atoms with Crippen LogP contribution in [0.15, 0.2) is 97.6 Å². The lowest BCUT2D eigenvalue weighted by molar-refractivity contribution is 0.747. The van der Waals surface area contributed by atoms with Gasteiger partial charge in [-0.3, -0.25) is 15.0 Å². The van der Waals surface area contributed by atoms with Crippen molar-refractivity contribution in [3.63, 3.8) is 0 Å². The first-order chi connectivity index (χ1) is 12.9. The second-order valence-corrected chi connectivity index (χ2v) is 6.16. The molecule has 0 aliphatic carbocycles. The molecule has 0 radical (unpaired) electrons. The summed E-state index contributed by atoms with van der Waals surface area (Å²) in [6, 6.07) is 24.7. The van der Waals surface area contributed by atoms with E-state index >= 15 is 0 Å². The minimum absolute atomic E-state index is 0.111. The Morgan fingerprint density at radius 1 is 0.615 bits per heavy atom. The van der Waals surface area contributed by atoms with Gasteiger partial charge in [0.05, 0.1) is 0 Å². The number of hydrogen-bond donors (Lipinski definition) is 0. The molecular weight excluding hydrogens is 318 g/mol. The van der Waals surface area contributed by atoms with Gasteiger partial charge in [-0.15, -0.1) is 0 Å². The van der Waals surface area contributed by atoms with Crippen LogP contribution in [-0.2, 0) is 6.42 Å². The van der Waals surface area contributed by atoms with Crippen LogP contribution in [0, 0.1) is 0 Å². The molecule has 0 N–H and O–H groups in total. The molecule has 0 aliphatic heterocycles. The lowest BCUT2D eigenvalue weighted by Crippen LogP contribution is -2.09. The summed E-state index contributed by atoms with van der Waals surface area (Å²) < 4.78 is 0. The average Bonchev–Trinajstić information content (AvgIpc) is 2.74. The second-order valence-electron chi connectivity index (χ2n) is 6.16. The van der Waals surface area contributed by atoms with Crippen molar-refractivity contribution < 1.29 is 0 Å². The van der Waals surface area contributed by atoms with E-state index < -0.39 is 0 Å². The van der Waals surface area contributed by atoms with Crippen molar-refractivity contribution in [1.82, 2.24) is 15.0 Å². The van der Waals surface area contributed by atoms with E-state index in [-0.39, 0.29) is 5.92 Å². The van der Waals surface area contributed by atoms with Crippen molar-refractivity contribution in [1.29, 1.82) is 0 Å². The maximum atomic E-state index is 4.60. The summed E-state index contributed by atoms with van der Waals surface area (Å²) in [6.45, 7) is 0. The Morgan fingerprint density at radius 2 is 1.23 bits per heavy atom. The molecule has 0 saturated heterocycles. The number of pyridine rings is 3. The molecule has 126 valence electrons. The van der Waals surface area contributed by atoms with Crippen LogP contribution in [0.25, 0.3) is 11.1 Å². The normalized spacial score (nSPS) is 10.8. The van der Waals surface area contributed by atoms with Crippen LogP contribution in [0.3, 0.4) is 0 Å². The number of hydrogen-bond acceptors (Lipinski definition) is 3. The molecule has 3 aromatic heterocycles. The maximum absolute atomic E-state index is 4.60. The zero-order chi connectivity index (χ0) is 17.6. The van der Waals surface area contributed by atoms with E-state index in [1.807, 2.05) is 49.1 Å². The molecule has 0 amide bonds. The van der Waals surface area contributed by atoms with Crippen LogP contribution < -0.4 is 0 Å². The molecule has 0 atom stereocenters. The van der Waals surface area contributed by atoms with E-state index in [0.717, 1.165) is 17.8 Å². The molecule has 0 saturated carbocycles. The molecular formula is C23H19N3. The summed E-state index contributed by atoms with van der Waals surface area (Å²) in [5.41, 5.74) is 5.76. The van der Waals surface area contributed by atoms with E-state index in [2.05, 4.69) is 63.5 Å². The van der Waals surface area contributed by atoms with Crippen molar-refractivity contribution in [2.24, 2.45) is 0 Å². The number of benzene rings is 1. The van der Waals surface area contributed by atoms with Gasteiger partial charge in [0.25, 0.3) is 0 Å². The molecule has 3 heterocycles. The van der Waals surface area contributed by atoms with Gasteiger partial charge >= 0.3 is 0 Å². The fourth-order valence-electron chi connectivity index (χ4n) is 3.26. The predicted molar refractivity (Wildman–Crippen MR) is 104 cm³/mol. The standard InChI is InChI=1S/C23H19N3/c1-2-8-20(18-11-15-24-16-12-18)19(7-1)17-21(22-9-3-5-13-25-22)23-10-4-6-14-26-23/h1-16,21H,17H2. The van der Waals surface area contributed by atoms with Gasteiger partial charge in [-0.1, -0.05) is 36.4 Å². The van der Waals surface area contributed by atoms with E-state index in [1.54, 1.807) is 0 Å². The van der Waals surface area contributed by atoms with Crippen molar-refractivity contribution in [2.75, 3.05) is 0 Å². The molecule has 3 nitrogen and oxygen atoms in total. The Bertz CT molecular complexity index is 915. The molecule has 0 unspecified atom stereocenters. The average molecular weight is 337 g/mol.